The standard InChI is InChI=1S/C19H18O/c1-16(15-20-2)14-19-11-7-6-10-18(19)13-12-17-8-4-3-5-9-17/h3-11,14H,15H2,1-2H3/b16-14+. The third-order valence-corrected chi connectivity index (χ3v) is 2.85. The lowest BCUT2D eigenvalue weighted by atomic mass is 10.0. The Kier molecular flexibility index (Phi) is 5.17. The zero-order valence-corrected chi connectivity index (χ0v) is 11.9. The molecule has 0 saturated heterocycles. The second kappa shape index (κ2) is 7.33. The molecule has 2 aromatic rings. The predicted octanol–water partition coefficient (Wildman–Crippen LogP) is 4.14. The van der Waals surface area contributed by atoms with Gasteiger partial charge < -0.3 is 4.74 Å². The van der Waals surface area contributed by atoms with E-state index in [1.807, 2.05) is 48.5 Å². The molecule has 0 amide bonds. The lowest BCUT2D eigenvalue weighted by Crippen LogP contribution is -1.90. The fourth-order valence-corrected chi connectivity index (χ4v) is 1.93. The van der Waals surface area contributed by atoms with Crippen molar-refractivity contribution < 1.29 is 4.74 Å². The van der Waals surface area contributed by atoms with Crippen LogP contribution in [0.2, 0.25) is 0 Å². The largest absolute Gasteiger partial charge is 0.380 e. The minimum Gasteiger partial charge on any atom is -0.380 e. The summed E-state index contributed by atoms with van der Waals surface area (Å²) in [4.78, 5) is 0. The van der Waals surface area contributed by atoms with Crippen molar-refractivity contribution in [2.45, 2.75) is 6.92 Å². The highest BCUT2D eigenvalue weighted by Gasteiger charge is 1.97. The van der Waals surface area contributed by atoms with Gasteiger partial charge in [-0.05, 0) is 36.3 Å². The first-order valence-corrected chi connectivity index (χ1v) is 6.62. The summed E-state index contributed by atoms with van der Waals surface area (Å²) in [5.41, 5.74) is 4.37. The van der Waals surface area contributed by atoms with E-state index in [0.29, 0.717) is 6.61 Å². The average Bonchev–Trinajstić information content (AvgIpc) is 2.48. The summed E-state index contributed by atoms with van der Waals surface area (Å²) in [6, 6.07) is 18.2. The maximum Gasteiger partial charge on any atom is 0.0673 e. The van der Waals surface area contributed by atoms with Crippen molar-refractivity contribution in [1.29, 1.82) is 0 Å². The molecule has 0 aromatic heterocycles. The summed E-state index contributed by atoms with van der Waals surface area (Å²) in [5, 5.41) is 0. The van der Waals surface area contributed by atoms with Crippen LogP contribution in [0.5, 0.6) is 0 Å². The van der Waals surface area contributed by atoms with Crippen molar-refractivity contribution in [3.8, 4) is 11.8 Å². The minimum absolute atomic E-state index is 0.639. The van der Waals surface area contributed by atoms with Crippen molar-refractivity contribution in [2.24, 2.45) is 0 Å². The van der Waals surface area contributed by atoms with Gasteiger partial charge in [0.1, 0.15) is 0 Å². The molecule has 1 nitrogen and oxygen atoms in total. The molecular formula is C19H18O. The molecular weight excluding hydrogens is 244 g/mol. The van der Waals surface area contributed by atoms with Gasteiger partial charge in [0.05, 0.1) is 6.61 Å². The van der Waals surface area contributed by atoms with Crippen molar-refractivity contribution in [3.05, 3.63) is 76.9 Å². The van der Waals surface area contributed by atoms with Crippen LogP contribution in [0.1, 0.15) is 23.6 Å². The topological polar surface area (TPSA) is 9.23 Å². The van der Waals surface area contributed by atoms with E-state index in [0.717, 1.165) is 16.7 Å². The number of hydrogen-bond donors (Lipinski definition) is 0. The van der Waals surface area contributed by atoms with Crippen LogP contribution in [0.15, 0.2) is 60.2 Å². The fourth-order valence-electron chi connectivity index (χ4n) is 1.93. The summed E-state index contributed by atoms with van der Waals surface area (Å²) in [6.45, 7) is 2.70. The summed E-state index contributed by atoms with van der Waals surface area (Å²) < 4.78 is 5.14. The molecule has 0 bridgehead atoms. The van der Waals surface area contributed by atoms with Gasteiger partial charge in [-0.3, -0.25) is 0 Å². The second-order valence-electron chi connectivity index (χ2n) is 4.63. The first kappa shape index (κ1) is 14.1. The number of benzene rings is 2. The molecule has 0 spiro atoms. The molecule has 0 N–H and O–H groups in total. The molecule has 2 aromatic carbocycles. The van der Waals surface area contributed by atoms with Gasteiger partial charge in [-0.2, -0.15) is 0 Å². The smallest absolute Gasteiger partial charge is 0.0673 e. The summed E-state index contributed by atoms with van der Waals surface area (Å²) in [5.74, 6) is 6.44. The number of rotatable bonds is 3. The van der Waals surface area contributed by atoms with Crippen molar-refractivity contribution >= 4 is 6.08 Å². The van der Waals surface area contributed by atoms with Gasteiger partial charge in [0.25, 0.3) is 0 Å². The van der Waals surface area contributed by atoms with E-state index in [-0.39, 0.29) is 0 Å². The van der Waals surface area contributed by atoms with Gasteiger partial charge in [0.15, 0.2) is 0 Å². The zero-order valence-electron chi connectivity index (χ0n) is 11.9. The third-order valence-electron chi connectivity index (χ3n) is 2.85. The van der Waals surface area contributed by atoms with Crippen molar-refractivity contribution in [3.63, 3.8) is 0 Å². The molecule has 1 heteroatoms. The van der Waals surface area contributed by atoms with Gasteiger partial charge in [0.2, 0.25) is 0 Å². The Hall–Kier alpha value is -2.30. The van der Waals surface area contributed by atoms with Crippen molar-refractivity contribution in [2.75, 3.05) is 13.7 Å². The molecule has 0 fully saturated rings. The Balaban J connectivity index is 2.30. The average molecular weight is 262 g/mol. The molecule has 100 valence electrons. The monoisotopic (exact) mass is 262 g/mol. The van der Waals surface area contributed by atoms with Crippen LogP contribution in [0.25, 0.3) is 6.08 Å². The van der Waals surface area contributed by atoms with Gasteiger partial charge in [-0.15, -0.1) is 0 Å². The van der Waals surface area contributed by atoms with Crippen LogP contribution in [-0.2, 0) is 4.74 Å². The quantitative estimate of drug-likeness (QED) is 0.755. The zero-order chi connectivity index (χ0) is 14.2. The first-order chi connectivity index (χ1) is 9.79. The molecule has 0 unspecified atom stereocenters. The van der Waals surface area contributed by atoms with Crippen molar-refractivity contribution in [1.82, 2.24) is 0 Å². The van der Waals surface area contributed by atoms with E-state index < -0.39 is 0 Å². The highest BCUT2D eigenvalue weighted by Crippen LogP contribution is 2.12. The van der Waals surface area contributed by atoms with Crippen LogP contribution in [-0.4, -0.2) is 13.7 Å². The van der Waals surface area contributed by atoms with Crippen LogP contribution < -0.4 is 0 Å². The van der Waals surface area contributed by atoms with Gasteiger partial charge in [-0.25, -0.2) is 0 Å². The lowest BCUT2D eigenvalue weighted by molar-refractivity contribution is 0.226. The van der Waals surface area contributed by atoms with Crippen LogP contribution in [0, 0.1) is 11.8 Å². The third kappa shape index (κ3) is 4.12. The van der Waals surface area contributed by atoms with E-state index in [1.165, 1.54) is 5.57 Å². The Morgan fingerprint density at radius 2 is 1.70 bits per heavy atom. The summed E-state index contributed by atoms with van der Waals surface area (Å²) in [6.07, 6.45) is 2.12. The molecule has 0 aliphatic heterocycles. The predicted molar refractivity (Wildman–Crippen MR) is 84.4 cm³/mol. The van der Waals surface area contributed by atoms with Gasteiger partial charge in [-0.1, -0.05) is 54.3 Å². The van der Waals surface area contributed by atoms with Gasteiger partial charge in [0, 0.05) is 18.2 Å². The molecule has 0 aliphatic rings. The molecule has 0 heterocycles. The maximum absolute atomic E-state index is 5.14. The molecule has 20 heavy (non-hydrogen) atoms. The van der Waals surface area contributed by atoms with Crippen LogP contribution in [0.3, 0.4) is 0 Å². The molecule has 0 atom stereocenters. The molecule has 0 radical (unpaired) electrons. The highest BCUT2D eigenvalue weighted by molar-refractivity contribution is 5.61. The van der Waals surface area contributed by atoms with E-state index in [9.17, 15) is 0 Å². The number of methoxy groups -OCH3 is 1. The SMILES string of the molecule is COC/C(C)=C/c1ccccc1C#Cc1ccccc1. The Bertz CT molecular complexity index is 642. The maximum atomic E-state index is 5.14. The fraction of sp³-hybridized carbons (Fsp3) is 0.158. The molecule has 0 saturated carbocycles. The van der Waals surface area contributed by atoms with E-state index in [2.05, 4.69) is 30.9 Å². The molecule has 0 aliphatic carbocycles. The number of hydrogen-bond acceptors (Lipinski definition) is 1. The highest BCUT2D eigenvalue weighted by atomic mass is 16.5. The van der Waals surface area contributed by atoms with E-state index in [4.69, 9.17) is 4.74 Å². The van der Waals surface area contributed by atoms with E-state index >= 15 is 0 Å². The summed E-state index contributed by atoms with van der Waals surface area (Å²) >= 11 is 0. The lowest BCUT2D eigenvalue weighted by Gasteiger charge is -2.02. The van der Waals surface area contributed by atoms with Gasteiger partial charge >= 0.3 is 0 Å². The minimum atomic E-state index is 0.639. The van der Waals surface area contributed by atoms with Crippen LogP contribution >= 0.6 is 0 Å². The first-order valence-electron chi connectivity index (χ1n) is 6.62. The van der Waals surface area contributed by atoms with Crippen LogP contribution in [0.4, 0.5) is 0 Å². The summed E-state index contributed by atoms with van der Waals surface area (Å²) in [7, 11) is 1.71. The van der Waals surface area contributed by atoms with E-state index in [1.54, 1.807) is 7.11 Å². The second-order valence-corrected chi connectivity index (χ2v) is 4.63. The Morgan fingerprint density at radius 3 is 2.45 bits per heavy atom. The Labute approximate surface area is 120 Å². The Morgan fingerprint density at radius 1 is 1.00 bits per heavy atom. The normalized spacial score (nSPS) is 10.8. The number of ether oxygens (including phenoxy) is 1. The molecule has 2 rings (SSSR count).